The molecule has 0 unspecified atom stereocenters. The van der Waals surface area contributed by atoms with E-state index in [4.69, 9.17) is 11.6 Å². The fraction of sp³-hybridized carbons (Fsp3) is 0. The smallest absolute Gasteiger partial charge is 0.276 e. The number of hydrogen-bond donors (Lipinski definition) is 1. The molecule has 0 spiro atoms. The maximum absolute atomic E-state index is 13.1. The lowest BCUT2D eigenvalue weighted by Crippen LogP contribution is -2.25. The number of amides is 1. The number of nitrogens with one attached hydrogen (secondary N) is 1. The number of benzene rings is 3. The Balaban J connectivity index is 1.59. The van der Waals surface area contributed by atoms with Gasteiger partial charge < -0.3 is 5.32 Å². The highest BCUT2D eigenvalue weighted by Crippen LogP contribution is 2.29. The SMILES string of the molecule is O=C(Nc1ccc(-c2ccccc2)cc1Cl)c1ccc(=O)n(-c2ccc(F)cc2)n1. The zero-order valence-electron chi connectivity index (χ0n) is 15.5. The van der Waals surface area contributed by atoms with Crippen molar-refractivity contribution in [1.82, 2.24) is 9.78 Å². The zero-order chi connectivity index (χ0) is 21.1. The van der Waals surface area contributed by atoms with Gasteiger partial charge in [-0.15, -0.1) is 0 Å². The third-order valence-electron chi connectivity index (χ3n) is 4.43. The quantitative estimate of drug-likeness (QED) is 0.509. The monoisotopic (exact) mass is 419 g/mol. The molecule has 4 rings (SSSR count). The molecule has 0 aliphatic heterocycles. The Bertz CT molecular complexity index is 1270. The Labute approximate surface area is 176 Å². The van der Waals surface area contributed by atoms with Crippen molar-refractivity contribution in [2.45, 2.75) is 0 Å². The lowest BCUT2D eigenvalue weighted by molar-refractivity contribution is 0.102. The van der Waals surface area contributed by atoms with Gasteiger partial charge in [0.05, 0.1) is 16.4 Å². The van der Waals surface area contributed by atoms with Gasteiger partial charge in [-0.1, -0.05) is 48.0 Å². The number of carbonyl (C=O) groups is 1. The van der Waals surface area contributed by atoms with E-state index in [9.17, 15) is 14.0 Å². The highest BCUT2D eigenvalue weighted by molar-refractivity contribution is 6.34. The molecule has 5 nitrogen and oxygen atoms in total. The minimum atomic E-state index is -0.528. The van der Waals surface area contributed by atoms with Crippen molar-refractivity contribution in [3.63, 3.8) is 0 Å². The predicted molar refractivity (Wildman–Crippen MR) is 115 cm³/mol. The fourth-order valence-corrected chi connectivity index (χ4v) is 3.14. The first-order chi connectivity index (χ1) is 14.5. The minimum Gasteiger partial charge on any atom is -0.319 e. The first-order valence-corrected chi connectivity index (χ1v) is 9.42. The molecule has 0 saturated heterocycles. The maximum Gasteiger partial charge on any atom is 0.276 e. The Hall–Kier alpha value is -3.77. The summed E-state index contributed by atoms with van der Waals surface area (Å²) in [6, 6.07) is 22.8. The fourth-order valence-electron chi connectivity index (χ4n) is 2.91. The van der Waals surface area contributed by atoms with Gasteiger partial charge in [0.1, 0.15) is 11.5 Å². The van der Waals surface area contributed by atoms with Crippen molar-refractivity contribution in [1.29, 1.82) is 0 Å². The minimum absolute atomic E-state index is 0.0159. The van der Waals surface area contributed by atoms with Gasteiger partial charge in [-0.2, -0.15) is 9.78 Å². The van der Waals surface area contributed by atoms with E-state index in [1.807, 2.05) is 36.4 Å². The van der Waals surface area contributed by atoms with Crippen LogP contribution in [0.15, 0.2) is 89.7 Å². The van der Waals surface area contributed by atoms with E-state index >= 15 is 0 Å². The molecule has 3 aromatic carbocycles. The third kappa shape index (κ3) is 4.14. The molecule has 0 saturated carbocycles. The predicted octanol–water partition coefficient (Wildman–Crippen LogP) is 4.94. The molecule has 0 radical (unpaired) electrons. The van der Waals surface area contributed by atoms with E-state index in [0.29, 0.717) is 16.4 Å². The Kier molecular flexibility index (Phi) is 5.41. The summed E-state index contributed by atoms with van der Waals surface area (Å²) >= 11 is 6.35. The average molecular weight is 420 g/mol. The van der Waals surface area contributed by atoms with Gasteiger partial charge in [0.2, 0.25) is 0 Å². The molecule has 0 atom stereocenters. The lowest BCUT2D eigenvalue weighted by Gasteiger charge is -2.10. The van der Waals surface area contributed by atoms with E-state index in [0.717, 1.165) is 15.8 Å². The van der Waals surface area contributed by atoms with Crippen LogP contribution in [0.5, 0.6) is 0 Å². The molecule has 1 amide bonds. The number of hydrogen-bond acceptors (Lipinski definition) is 3. The molecule has 7 heteroatoms. The number of rotatable bonds is 4. The van der Waals surface area contributed by atoms with Crippen LogP contribution in [0, 0.1) is 5.82 Å². The van der Waals surface area contributed by atoms with E-state index in [1.54, 1.807) is 12.1 Å². The highest BCUT2D eigenvalue weighted by atomic mass is 35.5. The van der Waals surface area contributed by atoms with Gasteiger partial charge in [0, 0.05) is 6.07 Å². The number of anilines is 1. The molecule has 4 aromatic rings. The van der Waals surface area contributed by atoms with E-state index in [2.05, 4.69) is 10.4 Å². The van der Waals surface area contributed by atoms with Crippen LogP contribution in [0.2, 0.25) is 5.02 Å². The third-order valence-corrected chi connectivity index (χ3v) is 4.74. The van der Waals surface area contributed by atoms with E-state index in [-0.39, 0.29) is 5.69 Å². The van der Waals surface area contributed by atoms with Gasteiger partial charge in [0.15, 0.2) is 0 Å². The van der Waals surface area contributed by atoms with E-state index in [1.165, 1.54) is 36.4 Å². The molecular formula is C23H15ClFN3O2. The van der Waals surface area contributed by atoms with Gasteiger partial charge in [0.25, 0.3) is 11.5 Å². The summed E-state index contributed by atoms with van der Waals surface area (Å²) in [5, 5.41) is 7.17. The van der Waals surface area contributed by atoms with Gasteiger partial charge >= 0.3 is 0 Å². The lowest BCUT2D eigenvalue weighted by atomic mass is 10.1. The maximum atomic E-state index is 13.1. The Morgan fingerprint density at radius 1 is 0.900 bits per heavy atom. The van der Waals surface area contributed by atoms with Crippen LogP contribution >= 0.6 is 11.6 Å². The average Bonchev–Trinajstić information content (AvgIpc) is 2.77. The highest BCUT2D eigenvalue weighted by Gasteiger charge is 2.13. The van der Waals surface area contributed by atoms with Gasteiger partial charge in [-0.3, -0.25) is 9.59 Å². The zero-order valence-corrected chi connectivity index (χ0v) is 16.3. The molecule has 1 heterocycles. The van der Waals surface area contributed by atoms with Crippen molar-refractivity contribution >= 4 is 23.2 Å². The first-order valence-electron chi connectivity index (χ1n) is 9.04. The summed E-state index contributed by atoms with van der Waals surface area (Å²) in [5.74, 6) is -0.963. The van der Waals surface area contributed by atoms with Crippen molar-refractivity contribution in [2.75, 3.05) is 5.32 Å². The molecule has 148 valence electrons. The van der Waals surface area contributed by atoms with Crippen LogP contribution in [0.3, 0.4) is 0 Å². The van der Waals surface area contributed by atoms with Crippen molar-refractivity contribution < 1.29 is 9.18 Å². The van der Waals surface area contributed by atoms with Gasteiger partial charge in [-0.05, 0) is 53.6 Å². The second-order valence-electron chi connectivity index (χ2n) is 6.46. The van der Waals surface area contributed by atoms with Crippen molar-refractivity contribution in [2.24, 2.45) is 0 Å². The summed E-state index contributed by atoms with van der Waals surface area (Å²) in [4.78, 5) is 24.8. The summed E-state index contributed by atoms with van der Waals surface area (Å²) in [5.41, 5.74) is 2.27. The molecule has 0 fully saturated rings. The standard InChI is InChI=1S/C23H15ClFN3O2/c24-19-14-16(15-4-2-1-3-5-15)6-11-20(19)26-23(30)21-12-13-22(29)28(27-21)18-9-7-17(25)8-10-18/h1-14H,(H,26,30). The molecule has 1 N–H and O–H groups in total. The number of carbonyl (C=O) groups excluding carboxylic acids is 1. The van der Waals surface area contributed by atoms with E-state index < -0.39 is 17.3 Å². The summed E-state index contributed by atoms with van der Waals surface area (Å²) in [6.45, 7) is 0. The summed E-state index contributed by atoms with van der Waals surface area (Å²) in [7, 11) is 0. The van der Waals surface area contributed by atoms with Crippen LogP contribution in [-0.2, 0) is 0 Å². The van der Waals surface area contributed by atoms with Crippen LogP contribution in [0.4, 0.5) is 10.1 Å². The van der Waals surface area contributed by atoms with Crippen molar-refractivity contribution in [3.8, 4) is 16.8 Å². The first kappa shape index (κ1) is 19.5. The largest absolute Gasteiger partial charge is 0.319 e. The van der Waals surface area contributed by atoms with Crippen LogP contribution in [-0.4, -0.2) is 15.7 Å². The van der Waals surface area contributed by atoms with Crippen LogP contribution in [0.1, 0.15) is 10.5 Å². The molecule has 0 aliphatic carbocycles. The second kappa shape index (κ2) is 8.31. The molecule has 0 bridgehead atoms. The Morgan fingerprint density at radius 2 is 1.63 bits per heavy atom. The molecule has 1 aromatic heterocycles. The normalized spacial score (nSPS) is 10.6. The summed E-state index contributed by atoms with van der Waals surface area (Å²) < 4.78 is 14.2. The number of halogens is 2. The molecular weight excluding hydrogens is 405 g/mol. The summed E-state index contributed by atoms with van der Waals surface area (Å²) in [6.07, 6.45) is 0. The molecule has 0 aliphatic rings. The van der Waals surface area contributed by atoms with Crippen molar-refractivity contribution in [3.05, 3.63) is 112 Å². The Morgan fingerprint density at radius 3 is 2.33 bits per heavy atom. The topological polar surface area (TPSA) is 64.0 Å². The number of aromatic nitrogens is 2. The molecule has 30 heavy (non-hydrogen) atoms. The second-order valence-corrected chi connectivity index (χ2v) is 6.87. The van der Waals surface area contributed by atoms with Crippen LogP contribution in [0.25, 0.3) is 16.8 Å². The van der Waals surface area contributed by atoms with Crippen LogP contribution < -0.4 is 10.9 Å². The number of nitrogens with zero attached hydrogens (tertiary/aromatic N) is 2. The van der Waals surface area contributed by atoms with Gasteiger partial charge in [-0.25, -0.2) is 4.39 Å².